The van der Waals surface area contributed by atoms with Crippen LogP contribution in [0, 0.1) is 0 Å². The molecule has 0 fully saturated rings. The molecule has 1 N–H and O–H groups in total. The number of methoxy groups -OCH3 is 1. The van der Waals surface area contributed by atoms with E-state index in [1.165, 1.54) is 11.8 Å². The molecule has 0 radical (unpaired) electrons. The first kappa shape index (κ1) is 12.9. The lowest BCUT2D eigenvalue weighted by molar-refractivity contribution is -0.120. The summed E-state index contributed by atoms with van der Waals surface area (Å²) in [5, 5.41) is 2.73. The highest BCUT2D eigenvalue weighted by Crippen LogP contribution is 2.25. The second-order valence-corrected chi connectivity index (χ2v) is 5.71. The number of nitrogens with one attached hydrogen (secondary N) is 1. The monoisotopic (exact) mass is 248 g/mol. The van der Waals surface area contributed by atoms with E-state index in [0.717, 1.165) is 16.7 Å². The fourth-order valence-electron chi connectivity index (χ4n) is 1.01. The summed E-state index contributed by atoms with van der Waals surface area (Å²) >= 11 is 3.26. The molecule has 0 aromatic carbocycles. The molecule has 1 aliphatic heterocycles. The van der Waals surface area contributed by atoms with Gasteiger partial charge in [0.15, 0.2) is 0 Å². The van der Waals surface area contributed by atoms with Crippen LogP contribution in [0.2, 0.25) is 0 Å². The maximum absolute atomic E-state index is 11.6. The first-order valence-electron chi connectivity index (χ1n) is 4.84. The van der Waals surface area contributed by atoms with Crippen LogP contribution in [0.3, 0.4) is 0 Å². The Hall–Kier alpha value is -0.200. The Kier molecular flexibility index (Phi) is 6.12. The summed E-state index contributed by atoms with van der Waals surface area (Å²) in [6.45, 7) is 3.90. The van der Waals surface area contributed by atoms with Crippen LogP contribution in [-0.4, -0.2) is 48.1 Å². The average Bonchev–Trinajstić information content (AvgIpc) is 2.70. The maximum Gasteiger partial charge on any atom is 0.233 e. The number of ether oxygens (including phenoxy) is 1. The molecule has 0 saturated heterocycles. The van der Waals surface area contributed by atoms with Crippen molar-refractivity contribution in [2.45, 2.75) is 12.2 Å². The van der Waals surface area contributed by atoms with Crippen molar-refractivity contribution in [2.75, 3.05) is 32.6 Å². The van der Waals surface area contributed by atoms with E-state index < -0.39 is 0 Å². The van der Waals surface area contributed by atoms with Crippen molar-refractivity contribution in [1.82, 2.24) is 5.32 Å². The van der Waals surface area contributed by atoms with Crippen LogP contribution in [0.25, 0.3) is 0 Å². The highest BCUT2D eigenvalue weighted by molar-refractivity contribution is 8.39. The van der Waals surface area contributed by atoms with Gasteiger partial charge in [-0.05, 0) is 6.92 Å². The van der Waals surface area contributed by atoms with Crippen LogP contribution in [-0.2, 0) is 9.53 Å². The van der Waals surface area contributed by atoms with Crippen molar-refractivity contribution in [2.24, 2.45) is 4.99 Å². The number of hydrogen-bond donors (Lipinski definition) is 1. The Morgan fingerprint density at radius 1 is 1.80 bits per heavy atom. The molecule has 86 valence electrons. The minimum absolute atomic E-state index is 0.0484. The fourth-order valence-corrected chi connectivity index (χ4v) is 3.17. The van der Waals surface area contributed by atoms with Gasteiger partial charge in [-0.3, -0.25) is 9.79 Å². The number of carbonyl (C=O) groups excluding carboxylic acids is 1. The van der Waals surface area contributed by atoms with Crippen molar-refractivity contribution in [3.8, 4) is 0 Å². The van der Waals surface area contributed by atoms with E-state index in [9.17, 15) is 4.79 Å². The topological polar surface area (TPSA) is 50.7 Å². The summed E-state index contributed by atoms with van der Waals surface area (Å²) in [6, 6.07) is 0. The highest BCUT2D eigenvalue weighted by Gasteiger charge is 2.18. The molecule has 0 spiro atoms. The van der Waals surface area contributed by atoms with Gasteiger partial charge in [0.1, 0.15) is 4.38 Å². The van der Waals surface area contributed by atoms with E-state index in [0.29, 0.717) is 13.2 Å². The molecule has 0 aromatic heterocycles. The molecule has 1 amide bonds. The minimum Gasteiger partial charge on any atom is -0.383 e. The molecule has 1 rings (SSSR count). The molecular weight excluding hydrogens is 232 g/mol. The molecule has 0 aromatic rings. The minimum atomic E-state index is -0.0776. The molecule has 1 heterocycles. The van der Waals surface area contributed by atoms with Gasteiger partial charge in [-0.1, -0.05) is 23.5 Å². The molecule has 1 aliphatic rings. The smallest absolute Gasteiger partial charge is 0.233 e. The van der Waals surface area contributed by atoms with Crippen LogP contribution in [0.5, 0.6) is 0 Å². The summed E-state index contributed by atoms with van der Waals surface area (Å²) in [5.74, 6) is 1.09. The number of amides is 1. The zero-order valence-corrected chi connectivity index (χ0v) is 10.6. The van der Waals surface area contributed by atoms with E-state index in [-0.39, 0.29) is 11.2 Å². The predicted molar refractivity (Wildman–Crippen MR) is 66.7 cm³/mol. The van der Waals surface area contributed by atoms with Gasteiger partial charge in [0, 0.05) is 19.4 Å². The lowest BCUT2D eigenvalue weighted by Gasteiger charge is -2.10. The van der Waals surface area contributed by atoms with Crippen molar-refractivity contribution in [3.05, 3.63) is 0 Å². The first-order valence-corrected chi connectivity index (χ1v) is 6.71. The highest BCUT2D eigenvalue weighted by atomic mass is 32.2. The third-order valence-electron chi connectivity index (χ3n) is 1.81. The lowest BCUT2D eigenvalue weighted by Crippen LogP contribution is -2.33. The molecule has 6 heteroatoms. The zero-order valence-electron chi connectivity index (χ0n) is 8.99. The number of nitrogens with zero attached hydrogens (tertiary/aromatic N) is 1. The Morgan fingerprint density at radius 3 is 3.20 bits per heavy atom. The lowest BCUT2D eigenvalue weighted by atomic mass is 10.4. The normalized spacial score (nSPS) is 17.3. The van der Waals surface area contributed by atoms with Gasteiger partial charge in [-0.25, -0.2) is 0 Å². The number of thioether (sulfide) groups is 2. The van der Waals surface area contributed by atoms with Crippen LogP contribution in [0.1, 0.15) is 6.92 Å². The number of hydrogen-bond acceptors (Lipinski definition) is 5. The maximum atomic E-state index is 11.6. The summed E-state index contributed by atoms with van der Waals surface area (Å²) in [6.07, 6.45) is 0. The second kappa shape index (κ2) is 7.14. The van der Waals surface area contributed by atoms with Crippen LogP contribution < -0.4 is 5.32 Å². The summed E-state index contributed by atoms with van der Waals surface area (Å²) < 4.78 is 5.89. The predicted octanol–water partition coefficient (Wildman–Crippen LogP) is 0.973. The van der Waals surface area contributed by atoms with Gasteiger partial charge in [0.2, 0.25) is 5.91 Å². The third kappa shape index (κ3) is 4.90. The van der Waals surface area contributed by atoms with Crippen LogP contribution in [0.15, 0.2) is 4.99 Å². The second-order valence-electron chi connectivity index (χ2n) is 3.04. The van der Waals surface area contributed by atoms with Gasteiger partial charge >= 0.3 is 0 Å². The van der Waals surface area contributed by atoms with Crippen LogP contribution >= 0.6 is 23.5 Å². The van der Waals surface area contributed by atoms with Gasteiger partial charge in [-0.2, -0.15) is 0 Å². The number of carbonyl (C=O) groups is 1. The Morgan fingerprint density at radius 2 is 2.60 bits per heavy atom. The quantitative estimate of drug-likeness (QED) is 0.737. The Bertz CT molecular complexity index is 246. The fraction of sp³-hybridized carbons (Fsp3) is 0.778. The van der Waals surface area contributed by atoms with Crippen molar-refractivity contribution >= 4 is 33.8 Å². The van der Waals surface area contributed by atoms with E-state index in [1.54, 1.807) is 18.9 Å². The van der Waals surface area contributed by atoms with Gasteiger partial charge in [-0.15, -0.1) is 0 Å². The molecule has 1 atom stereocenters. The molecule has 4 nitrogen and oxygen atoms in total. The zero-order chi connectivity index (χ0) is 11.1. The molecule has 0 aliphatic carbocycles. The van der Waals surface area contributed by atoms with E-state index in [1.807, 2.05) is 6.92 Å². The van der Waals surface area contributed by atoms with Gasteiger partial charge < -0.3 is 10.1 Å². The SMILES string of the molecule is COCCNC(=O)[C@H](C)SC1=NCCS1. The first-order chi connectivity index (χ1) is 7.24. The molecular formula is C9H16N2O2S2. The molecule has 15 heavy (non-hydrogen) atoms. The standard InChI is InChI=1S/C9H16N2O2S2/c1-7(8(12)10-3-5-13-2)15-9-11-4-6-14-9/h7H,3-6H2,1-2H3,(H,10,12)/t7-/m0/s1. The largest absolute Gasteiger partial charge is 0.383 e. The van der Waals surface area contributed by atoms with Gasteiger partial charge in [0.05, 0.1) is 18.4 Å². The summed E-state index contributed by atoms with van der Waals surface area (Å²) in [7, 11) is 1.62. The van der Waals surface area contributed by atoms with E-state index in [2.05, 4.69) is 10.3 Å². The Labute approximate surface area is 98.6 Å². The molecule has 0 unspecified atom stereocenters. The Balaban J connectivity index is 2.20. The molecule has 0 bridgehead atoms. The van der Waals surface area contributed by atoms with E-state index in [4.69, 9.17) is 4.74 Å². The van der Waals surface area contributed by atoms with Crippen molar-refractivity contribution < 1.29 is 9.53 Å². The van der Waals surface area contributed by atoms with Gasteiger partial charge in [0.25, 0.3) is 0 Å². The molecule has 0 saturated carbocycles. The third-order valence-corrected chi connectivity index (χ3v) is 4.11. The van der Waals surface area contributed by atoms with Crippen molar-refractivity contribution in [1.29, 1.82) is 0 Å². The number of aliphatic imine (C=N–C) groups is 1. The van der Waals surface area contributed by atoms with Crippen molar-refractivity contribution in [3.63, 3.8) is 0 Å². The van der Waals surface area contributed by atoms with Crippen LogP contribution in [0.4, 0.5) is 0 Å². The summed E-state index contributed by atoms with van der Waals surface area (Å²) in [4.78, 5) is 15.8. The average molecular weight is 248 g/mol. The number of rotatable bonds is 5. The van der Waals surface area contributed by atoms with E-state index >= 15 is 0 Å². The summed E-state index contributed by atoms with van der Waals surface area (Å²) in [5.41, 5.74) is 0.